The van der Waals surface area contributed by atoms with Crippen LogP contribution in [0.25, 0.3) is 0 Å². The molecule has 94 valence electrons. The summed E-state index contributed by atoms with van der Waals surface area (Å²) >= 11 is 4.92. The molecule has 17 heavy (non-hydrogen) atoms. The van der Waals surface area contributed by atoms with Crippen LogP contribution in [0, 0.1) is 0 Å². The lowest BCUT2D eigenvalue weighted by atomic mass is 10.1. The van der Waals surface area contributed by atoms with Crippen molar-refractivity contribution in [3.05, 3.63) is 29.8 Å². The monoisotopic (exact) mass is 273 g/mol. The van der Waals surface area contributed by atoms with Gasteiger partial charge in [0.2, 0.25) is 10.0 Å². The highest BCUT2D eigenvalue weighted by molar-refractivity contribution is 7.89. The number of hydrogen-bond acceptors (Lipinski definition) is 3. The highest BCUT2D eigenvalue weighted by atomic mass is 32.2. The Bertz CT molecular complexity index is 483. The maximum Gasteiger partial charge on any atom is 0.238 e. The highest BCUT2D eigenvalue weighted by Gasteiger charge is 2.06. The standard InChI is InChI=1S/C10H15N3O2S2/c1-12-10(16)13-7-6-8-2-4-9(5-3-8)17(11,14)15/h2-5H,6-7H2,1H3,(H2,11,14,15)(H2,12,13,16). The Morgan fingerprint density at radius 2 is 1.94 bits per heavy atom. The molecule has 0 saturated carbocycles. The van der Waals surface area contributed by atoms with Crippen LogP contribution in [0.5, 0.6) is 0 Å². The van der Waals surface area contributed by atoms with E-state index in [9.17, 15) is 8.42 Å². The van der Waals surface area contributed by atoms with Gasteiger partial charge in [-0.2, -0.15) is 0 Å². The molecule has 0 aromatic heterocycles. The zero-order chi connectivity index (χ0) is 12.9. The van der Waals surface area contributed by atoms with Gasteiger partial charge in [0.15, 0.2) is 5.11 Å². The summed E-state index contributed by atoms with van der Waals surface area (Å²) in [4.78, 5) is 0.125. The molecule has 4 N–H and O–H groups in total. The molecule has 0 heterocycles. The van der Waals surface area contributed by atoms with Crippen molar-refractivity contribution in [3.63, 3.8) is 0 Å². The summed E-state index contributed by atoms with van der Waals surface area (Å²) in [6, 6.07) is 6.48. The number of thiocarbonyl (C=S) groups is 1. The fourth-order valence-corrected chi connectivity index (χ4v) is 1.87. The molecule has 0 saturated heterocycles. The molecule has 0 bridgehead atoms. The van der Waals surface area contributed by atoms with E-state index in [0.29, 0.717) is 11.7 Å². The molecule has 0 radical (unpaired) electrons. The van der Waals surface area contributed by atoms with E-state index in [-0.39, 0.29) is 4.90 Å². The van der Waals surface area contributed by atoms with E-state index in [4.69, 9.17) is 17.4 Å². The molecule has 0 fully saturated rings. The topological polar surface area (TPSA) is 84.2 Å². The summed E-state index contributed by atoms with van der Waals surface area (Å²) in [6.07, 6.45) is 0.757. The molecule has 0 atom stereocenters. The molecule has 0 aliphatic heterocycles. The largest absolute Gasteiger partial charge is 0.366 e. The van der Waals surface area contributed by atoms with Gasteiger partial charge >= 0.3 is 0 Å². The average molecular weight is 273 g/mol. The van der Waals surface area contributed by atoms with Crippen molar-refractivity contribution < 1.29 is 8.42 Å². The van der Waals surface area contributed by atoms with Crippen molar-refractivity contribution in [3.8, 4) is 0 Å². The fourth-order valence-electron chi connectivity index (χ4n) is 1.25. The van der Waals surface area contributed by atoms with Gasteiger partial charge in [-0.3, -0.25) is 0 Å². The maximum atomic E-state index is 11.0. The first-order chi connectivity index (χ1) is 7.93. The molecule has 0 aliphatic carbocycles. The van der Waals surface area contributed by atoms with Crippen LogP contribution >= 0.6 is 12.2 Å². The summed E-state index contributed by atoms with van der Waals surface area (Å²) in [5.74, 6) is 0. The molecule has 1 aromatic carbocycles. The van der Waals surface area contributed by atoms with Gasteiger partial charge in [-0.05, 0) is 36.3 Å². The third-order valence-electron chi connectivity index (χ3n) is 2.18. The number of rotatable bonds is 4. The molecule has 1 aromatic rings. The Morgan fingerprint density at radius 1 is 1.35 bits per heavy atom. The lowest BCUT2D eigenvalue weighted by molar-refractivity contribution is 0.598. The van der Waals surface area contributed by atoms with E-state index < -0.39 is 10.0 Å². The van der Waals surface area contributed by atoms with E-state index in [1.807, 2.05) is 0 Å². The number of nitrogens with one attached hydrogen (secondary N) is 2. The van der Waals surface area contributed by atoms with Gasteiger partial charge < -0.3 is 10.6 Å². The SMILES string of the molecule is CNC(=S)NCCc1ccc(S(N)(=O)=O)cc1. The molecule has 0 spiro atoms. The summed E-state index contributed by atoms with van der Waals surface area (Å²) in [6.45, 7) is 0.689. The average Bonchev–Trinajstić information content (AvgIpc) is 2.28. The number of primary sulfonamides is 1. The zero-order valence-corrected chi connectivity index (χ0v) is 11.1. The molecule has 0 aliphatic rings. The van der Waals surface area contributed by atoms with Crippen LogP contribution in [0.1, 0.15) is 5.56 Å². The second-order valence-electron chi connectivity index (χ2n) is 3.44. The zero-order valence-electron chi connectivity index (χ0n) is 9.43. The van der Waals surface area contributed by atoms with Crippen molar-refractivity contribution in [1.29, 1.82) is 0 Å². The Balaban J connectivity index is 2.55. The lowest BCUT2D eigenvalue weighted by Gasteiger charge is -2.07. The molecule has 0 unspecified atom stereocenters. The van der Waals surface area contributed by atoms with Crippen molar-refractivity contribution in [2.24, 2.45) is 5.14 Å². The lowest BCUT2D eigenvalue weighted by Crippen LogP contribution is -2.33. The second kappa shape index (κ2) is 5.95. The summed E-state index contributed by atoms with van der Waals surface area (Å²) in [7, 11) is -1.86. The van der Waals surface area contributed by atoms with Crippen molar-refractivity contribution in [2.45, 2.75) is 11.3 Å². The number of benzene rings is 1. The quantitative estimate of drug-likeness (QED) is 0.671. The van der Waals surface area contributed by atoms with Crippen LogP contribution in [0.3, 0.4) is 0 Å². The maximum absolute atomic E-state index is 11.0. The van der Waals surface area contributed by atoms with Gasteiger partial charge in [-0.25, -0.2) is 13.6 Å². The highest BCUT2D eigenvalue weighted by Crippen LogP contribution is 2.08. The summed E-state index contributed by atoms with van der Waals surface area (Å²) < 4.78 is 22.1. The predicted molar refractivity (Wildman–Crippen MR) is 71.2 cm³/mol. The van der Waals surface area contributed by atoms with Crippen LogP contribution in [0.15, 0.2) is 29.2 Å². The summed E-state index contributed by atoms with van der Waals surface area (Å²) in [5, 5.41) is 11.4. The first-order valence-electron chi connectivity index (χ1n) is 5.01. The smallest absolute Gasteiger partial charge is 0.238 e. The first-order valence-corrected chi connectivity index (χ1v) is 6.96. The van der Waals surface area contributed by atoms with Gasteiger partial charge in [0, 0.05) is 13.6 Å². The third-order valence-corrected chi connectivity index (χ3v) is 3.46. The van der Waals surface area contributed by atoms with Crippen molar-refractivity contribution in [1.82, 2.24) is 10.6 Å². The molecule has 1 rings (SSSR count). The normalized spacial score (nSPS) is 10.9. The Kier molecular flexibility index (Phi) is 4.86. The summed E-state index contributed by atoms with van der Waals surface area (Å²) in [5.41, 5.74) is 1.02. The second-order valence-corrected chi connectivity index (χ2v) is 5.41. The molecule has 5 nitrogen and oxygen atoms in total. The molecule has 7 heteroatoms. The van der Waals surface area contributed by atoms with Crippen molar-refractivity contribution >= 4 is 27.4 Å². The predicted octanol–water partition coefficient (Wildman–Crippen LogP) is -0.0296. The van der Waals surface area contributed by atoms with Crippen LogP contribution < -0.4 is 15.8 Å². The number of sulfonamides is 1. The third kappa shape index (κ3) is 4.68. The number of hydrogen-bond donors (Lipinski definition) is 3. The van der Waals surface area contributed by atoms with E-state index in [1.54, 1.807) is 19.2 Å². The fraction of sp³-hybridized carbons (Fsp3) is 0.300. The number of nitrogens with two attached hydrogens (primary N) is 1. The van der Waals surface area contributed by atoms with Gasteiger partial charge in [0.1, 0.15) is 0 Å². The minimum absolute atomic E-state index is 0.125. The Hall–Kier alpha value is -1.18. The minimum atomic E-state index is -3.60. The van der Waals surface area contributed by atoms with Crippen LogP contribution in [0.4, 0.5) is 0 Å². The van der Waals surface area contributed by atoms with Gasteiger partial charge in [0.05, 0.1) is 4.90 Å². The van der Waals surface area contributed by atoms with Gasteiger partial charge in [0.25, 0.3) is 0 Å². The van der Waals surface area contributed by atoms with Gasteiger partial charge in [-0.15, -0.1) is 0 Å². The minimum Gasteiger partial charge on any atom is -0.366 e. The van der Waals surface area contributed by atoms with Gasteiger partial charge in [-0.1, -0.05) is 12.1 Å². The van der Waals surface area contributed by atoms with Crippen LogP contribution in [-0.2, 0) is 16.4 Å². The van der Waals surface area contributed by atoms with Crippen molar-refractivity contribution in [2.75, 3.05) is 13.6 Å². The van der Waals surface area contributed by atoms with E-state index >= 15 is 0 Å². The Labute approximate surface area is 106 Å². The van der Waals surface area contributed by atoms with Crippen LogP contribution in [-0.4, -0.2) is 27.1 Å². The molecular weight excluding hydrogens is 258 g/mol. The molecule has 0 amide bonds. The van der Waals surface area contributed by atoms with E-state index in [2.05, 4.69) is 10.6 Å². The van der Waals surface area contributed by atoms with E-state index in [1.165, 1.54) is 12.1 Å². The van der Waals surface area contributed by atoms with E-state index in [0.717, 1.165) is 12.0 Å². The molecular formula is C10H15N3O2S2. The van der Waals surface area contributed by atoms with Crippen LogP contribution in [0.2, 0.25) is 0 Å². The Morgan fingerprint density at radius 3 is 2.41 bits per heavy atom. The first kappa shape index (κ1) is 13.9.